The van der Waals surface area contributed by atoms with Gasteiger partial charge in [-0.15, -0.1) is 0 Å². The molecule has 4 aromatic heterocycles. The van der Waals surface area contributed by atoms with Crippen LogP contribution in [-0.2, 0) is 28.8 Å². The zero-order valence-electron chi connectivity index (χ0n) is 29.2. The second-order valence-electron chi connectivity index (χ2n) is 15.4. The quantitative estimate of drug-likeness (QED) is 0.128. The van der Waals surface area contributed by atoms with Gasteiger partial charge in [-0.05, 0) is 63.3 Å². The molecule has 5 heterocycles. The Morgan fingerprint density at radius 1 is 1.10 bits per heavy atom. The molecule has 1 saturated carbocycles. The lowest BCUT2D eigenvalue weighted by atomic mass is 9.82. The molecule has 0 spiro atoms. The molecule has 0 bridgehead atoms. The number of nitrogens with zero attached hydrogens (tertiary/aromatic N) is 8. The molecule has 2 fully saturated rings. The highest BCUT2D eigenvalue weighted by Gasteiger charge is 2.48. The van der Waals surface area contributed by atoms with Gasteiger partial charge in [-0.1, -0.05) is 19.6 Å². The Hall–Kier alpha value is -3.84. The molecule has 1 saturated heterocycles. The van der Waals surface area contributed by atoms with E-state index in [1.165, 1.54) is 19.9 Å². The summed E-state index contributed by atoms with van der Waals surface area (Å²) in [5.74, 6) is -0.129. The Morgan fingerprint density at radius 2 is 1.84 bits per heavy atom. The highest BCUT2D eigenvalue weighted by Crippen LogP contribution is 2.39. The molecule has 6 rings (SSSR count). The summed E-state index contributed by atoms with van der Waals surface area (Å²) in [7, 11) is -1.18. The average Bonchev–Trinajstić information content (AvgIpc) is 3.68. The van der Waals surface area contributed by atoms with Crippen molar-refractivity contribution in [3.8, 4) is 23.2 Å². The summed E-state index contributed by atoms with van der Waals surface area (Å²) < 4.78 is 56.4. The van der Waals surface area contributed by atoms with Crippen LogP contribution in [0, 0.1) is 11.3 Å². The molecular weight excluding hydrogens is 666 g/mol. The van der Waals surface area contributed by atoms with Gasteiger partial charge in [0.2, 0.25) is 5.88 Å². The van der Waals surface area contributed by atoms with Crippen LogP contribution in [0.3, 0.4) is 0 Å². The molecule has 1 aliphatic heterocycles. The van der Waals surface area contributed by atoms with Gasteiger partial charge < -0.3 is 19.1 Å². The third kappa shape index (κ3) is 7.88. The summed E-state index contributed by atoms with van der Waals surface area (Å²) in [4.78, 5) is 15.2. The van der Waals surface area contributed by atoms with E-state index >= 15 is 0 Å². The van der Waals surface area contributed by atoms with Crippen molar-refractivity contribution >= 4 is 19.1 Å². The maximum Gasteiger partial charge on any atom is 0.433 e. The van der Waals surface area contributed by atoms with Gasteiger partial charge in [0.05, 0.1) is 30.0 Å². The number of likely N-dealkylation sites (tertiary alicyclic amines) is 1. The van der Waals surface area contributed by atoms with Gasteiger partial charge >= 0.3 is 6.18 Å². The van der Waals surface area contributed by atoms with Gasteiger partial charge in [0.25, 0.3) is 0 Å². The fourth-order valence-electron chi connectivity index (χ4n) is 6.80. The van der Waals surface area contributed by atoms with E-state index in [1.54, 1.807) is 12.5 Å². The number of nitriles is 1. The zero-order chi connectivity index (χ0) is 35.9. The van der Waals surface area contributed by atoms with E-state index in [0.29, 0.717) is 39.1 Å². The van der Waals surface area contributed by atoms with Gasteiger partial charge in [-0.3, -0.25) is 9.58 Å². The van der Waals surface area contributed by atoms with E-state index in [9.17, 15) is 23.5 Å². The molecule has 268 valence electrons. The van der Waals surface area contributed by atoms with Gasteiger partial charge in [-0.25, -0.2) is 15.0 Å². The van der Waals surface area contributed by atoms with Crippen LogP contribution < -0.4 is 4.74 Å². The van der Waals surface area contributed by atoms with E-state index < -0.39 is 31.1 Å². The number of aromatic nitrogens is 6. The number of fused-ring (bicyclic) bond motifs is 1. The number of hydrogen-bond acceptors (Lipinski definition) is 9. The van der Waals surface area contributed by atoms with Crippen LogP contribution in [0.1, 0.15) is 57.2 Å². The molecular formula is C35H45F3N8O3Si. The van der Waals surface area contributed by atoms with Gasteiger partial charge in [0.15, 0.2) is 0 Å². The summed E-state index contributed by atoms with van der Waals surface area (Å²) >= 11 is 0. The van der Waals surface area contributed by atoms with E-state index in [-0.39, 0.29) is 23.6 Å². The zero-order valence-corrected chi connectivity index (χ0v) is 30.2. The molecule has 1 aliphatic carbocycles. The fraction of sp³-hybridized carbons (Fsp3) is 0.571. The molecule has 50 heavy (non-hydrogen) atoms. The van der Waals surface area contributed by atoms with Crippen LogP contribution in [0.5, 0.6) is 5.88 Å². The topological polar surface area (TPSA) is 127 Å². The Kier molecular flexibility index (Phi) is 9.86. The van der Waals surface area contributed by atoms with Crippen molar-refractivity contribution in [2.75, 3.05) is 19.7 Å². The van der Waals surface area contributed by atoms with Crippen molar-refractivity contribution in [2.24, 2.45) is 0 Å². The molecule has 1 N–H and O–H groups in total. The molecule has 2 aliphatic rings. The summed E-state index contributed by atoms with van der Waals surface area (Å²) in [6.45, 7) is 12.3. The van der Waals surface area contributed by atoms with E-state index in [1.807, 2.05) is 27.7 Å². The van der Waals surface area contributed by atoms with E-state index in [4.69, 9.17) is 14.6 Å². The van der Waals surface area contributed by atoms with Crippen molar-refractivity contribution in [1.29, 1.82) is 5.26 Å². The SMILES string of the molecule is CC(C)(O)c1cc(O[C@H]2CC[C@H](N3CC(CC#N)(n4cc(-c5ncnc6c5ccn6COCC[Si](C)(C)C)cn4)C3)CC2)nc(C(F)(F)F)c1. The maximum absolute atomic E-state index is 13.5. The number of rotatable bonds is 12. The lowest BCUT2D eigenvalue weighted by Gasteiger charge is -2.53. The summed E-state index contributed by atoms with van der Waals surface area (Å²) in [5, 5.41) is 25.8. The van der Waals surface area contributed by atoms with Crippen molar-refractivity contribution < 1.29 is 27.8 Å². The number of hydrogen-bond donors (Lipinski definition) is 1. The summed E-state index contributed by atoms with van der Waals surface area (Å²) in [6, 6.07) is 7.95. The van der Waals surface area contributed by atoms with Crippen molar-refractivity contribution in [3.05, 3.63) is 54.4 Å². The van der Waals surface area contributed by atoms with Crippen molar-refractivity contribution in [1.82, 2.24) is 34.2 Å². The minimum Gasteiger partial charge on any atom is -0.474 e. The second-order valence-corrected chi connectivity index (χ2v) is 21.0. The lowest BCUT2D eigenvalue weighted by molar-refractivity contribution is -0.141. The van der Waals surface area contributed by atoms with E-state index in [2.05, 4.69) is 45.6 Å². The van der Waals surface area contributed by atoms with E-state index in [0.717, 1.165) is 53.8 Å². The molecule has 0 unspecified atom stereocenters. The molecule has 0 aromatic carbocycles. The standard InChI is InChI=1S/C35H45F3N8O3Si/c1-33(2,47)25-16-29(35(36,37)38)43-30(17-25)49-27-8-6-26(7-9-27)45-20-34(21-45,11-12-39)46-19-24(18-42-46)31-28-10-13-44(32(28)41-22-40-31)23-48-14-15-50(3,4)5/h10,13,16-19,22,26-27,47H,6-9,11,14-15,20-21,23H2,1-5H3/t26-,27-. The largest absolute Gasteiger partial charge is 0.474 e. The highest BCUT2D eigenvalue weighted by molar-refractivity contribution is 6.76. The molecule has 0 atom stereocenters. The Morgan fingerprint density at radius 3 is 2.50 bits per heavy atom. The lowest BCUT2D eigenvalue weighted by Crippen LogP contribution is -2.65. The van der Waals surface area contributed by atoms with Crippen molar-refractivity contribution in [2.45, 2.75) is 108 Å². The summed E-state index contributed by atoms with van der Waals surface area (Å²) in [6.07, 6.45) is 5.54. The van der Waals surface area contributed by atoms with Gasteiger partial charge in [0.1, 0.15) is 36.0 Å². The summed E-state index contributed by atoms with van der Waals surface area (Å²) in [5.41, 5.74) is -0.530. The third-order valence-corrected chi connectivity index (χ3v) is 11.5. The van der Waals surface area contributed by atoms with Crippen LogP contribution in [0.15, 0.2) is 43.1 Å². The predicted molar refractivity (Wildman–Crippen MR) is 184 cm³/mol. The fourth-order valence-corrected chi connectivity index (χ4v) is 7.56. The van der Waals surface area contributed by atoms with Gasteiger partial charge in [-0.2, -0.15) is 23.5 Å². The second kappa shape index (κ2) is 13.7. The van der Waals surface area contributed by atoms with Crippen LogP contribution in [-0.4, -0.2) is 79.2 Å². The van der Waals surface area contributed by atoms with Crippen LogP contribution in [0.4, 0.5) is 13.2 Å². The first-order valence-corrected chi connectivity index (χ1v) is 20.8. The number of ether oxygens (including phenoxy) is 2. The smallest absolute Gasteiger partial charge is 0.433 e. The molecule has 15 heteroatoms. The van der Waals surface area contributed by atoms with Crippen molar-refractivity contribution in [3.63, 3.8) is 0 Å². The van der Waals surface area contributed by atoms with Crippen LogP contribution in [0.25, 0.3) is 22.3 Å². The Labute approximate surface area is 291 Å². The molecule has 0 amide bonds. The Bertz CT molecular complexity index is 1810. The number of alkyl halides is 3. The number of aliphatic hydroxyl groups is 1. The first-order valence-electron chi connectivity index (χ1n) is 17.1. The molecule has 11 nitrogen and oxygen atoms in total. The number of halogens is 3. The number of pyridine rings is 1. The molecule has 4 aromatic rings. The minimum atomic E-state index is -4.66. The van der Waals surface area contributed by atoms with Crippen LogP contribution in [0.2, 0.25) is 25.7 Å². The maximum atomic E-state index is 13.5. The van der Waals surface area contributed by atoms with Crippen LogP contribution >= 0.6 is 0 Å². The molecule has 0 radical (unpaired) electrons. The minimum absolute atomic E-state index is 0.0973. The average molecular weight is 711 g/mol. The monoisotopic (exact) mass is 710 g/mol. The Balaban J connectivity index is 1.08. The first-order chi connectivity index (χ1) is 23.5. The predicted octanol–water partition coefficient (Wildman–Crippen LogP) is 6.56. The van der Waals surface area contributed by atoms with Gasteiger partial charge in [0, 0.05) is 63.2 Å². The third-order valence-electron chi connectivity index (χ3n) is 9.77. The highest BCUT2D eigenvalue weighted by atomic mass is 28.3. The normalized spacial score (nSPS) is 20.1. The first kappa shape index (κ1) is 36.0.